The van der Waals surface area contributed by atoms with Crippen molar-refractivity contribution >= 4 is 28.7 Å². The summed E-state index contributed by atoms with van der Waals surface area (Å²) in [5.41, 5.74) is 1.71. The van der Waals surface area contributed by atoms with E-state index in [9.17, 15) is 4.79 Å². The van der Waals surface area contributed by atoms with Gasteiger partial charge in [0, 0.05) is 11.4 Å². The molecule has 108 valence electrons. The summed E-state index contributed by atoms with van der Waals surface area (Å²) in [6.45, 7) is 6.85. The molecule has 0 fully saturated rings. The quantitative estimate of drug-likeness (QED) is 0.751. The highest BCUT2D eigenvalue weighted by Crippen LogP contribution is 2.25. The molecule has 0 saturated carbocycles. The summed E-state index contributed by atoms with van der Waals surface area (Å²) in [4.78, 5) is 14.4. The number of hydrogen-bond acceptors (Lipinski definition) is 3. The van der Waals surface area contributed by atoms with Crippen molar-refractivity contribution in [3.8, 4) is 0 Å². The van der Waals surface area contributed by atoms with Crippen LogP contribution in [-0.4, -0.2) is 15.6 Å². The van der Waals surface area contributed by atoms with E-state index < -0.39 is 0 Å². The highest BCUT2D eigenvalue weighted by Gasteiger charge is 2.19. The fraction of sp³-hybridized carbons (Fsp3) is 0.467. The van der Waals surface area contributed by atoms with Crippen LogP contribution < -0.4 is 0 Å². The van der Waals surface area contributed by atoms with Crippen molar-refractivity contribution in [3.05, 3.63) is 38.3 Å². The number of hydrogen-bond donors (Lipinski definition) is 0. The molecule has 2 aromatic heterocycles. The van der Waals surface area contributed by atoms with Gasteiger partial charge in [0.2, 0.25) is 0 Å². The van der Waals surface area contributed by atoms with Crippen LogP contribution in [-0.2, 0) is 25.8 Å². The Labute approximate surface area is 128 Å². The van der Waals surface area contributed by atoms with Gasteiger partial charge >= 0.3 is 0 Å². The Balaban J connectivity index is 2.25. The third kappa shape index (κ3) is 2.96. The monoisotopic (exact) mass is 310 g/mol. The van der Waals surface area contributed by atoms with Crippen LogP contribution in [0, 0.1) is 0 Å². The maximum Gasteiger partial charge on any atom is 0.178 e. The molecule has 0 spiro atoms. The smallest absolute Gasteiger partial charge is 0.178 e. The van der Waals surface area contributed by atoms with E-state index in [1.165, 1.54) is 4.88 Å². The molecule has 0 atom stereocenters. The topological polar surface area (TPSA) is 34.9 Å². The lowest BCUT2D eigenvalue weighted by atomic mass is 10.1. The summed E-state index contributed by atoms with van der Waals surface area (Å²) >= 11 is 7.91. The van der Waals surface area contributed by atoms with E-state index in [0.29, 0.717) is 11.4 Å². The van der Waals surface area contributed by atoms with Crippen molar-refractivity contribution in [2.45, 2.75) is 46.6 Å². The molecule has 0 aliphatic carbocycles. The number of carbonyl (C=O) groups excluding carboxylic acids is 1. The Kier molecular flexibility index (Phi) is 5.00. The van der Waals surface area contributed by atoms with E-state index in [1.807, 2.05) is 30.7 Å². The van der Waals surface area contributed by atoms with E-state index in [1.54, 1.807) is 11.3 Å². The third-order valence-electron chi connectivity index (χ3n) is 3.31. The molecular weight excluding hydrogens is 292 g/mol. The number of thiophene rings is 1. The predicted octanol–water partition coefficient (Wildman–Crippen LogP) is 4.17. The third-order valence-corrected chi connectivity index (χ3v) is 5.01. The highest BCUT2D eigenvalue weighted by atomic mass is 35.5. The average Bonchev–Trinajstić information content (AvgIpc) is 3.05. The molecule has 0 N–H and O–H groups in total. The van der Waals surface area contributed by atoms with Gasteiger partial charge in [-0.05, 0) is 31.9 Å². The summed E-state index contributed by atoms with van der Waals surface area (Å²) in [7, 11) is 0. The number of carbonyl (C=O) groups is 1. The highest BCUT2D eigenvalue weighted by molar-refractivity contribution is 7.14. The van der Waals surface area contributed by atoms with Crippen LogP contribution in [0.15, 0.2) is 12.1 Å². The van der Waals surface area contributed by atoms with Crippen LogP contribution in [0.2, 0.25) is 5.02 Å². The van der Waals surface area contributed by atoms with Crippen molar-refractivity contribution < 1.29 is 4.79 Å². The SMILES string of the molecule is CCc1ccc(C(=O)Cc2c(Cl)c(CC)nn2CC)s1. The summed E-state index contributed by atoms with van der Waals surface area (Å²) in [6.07, 6.45) is 2.07. The molecule has 0 aliphatic heterocycles. The lowest BCUT2D eigenvalue weighted by Gasteiger charge is -2.03. The lowest BCUT2D eigenvalue weighted by molar-refractivity contribution is 0.0994. The van der Waals surface area contributed by atoms with Crippen LogP contribution in [0.1, 0.15) is 46.7 Å². The molecular formula is C15H19ClN2OS. The van der Waals surface area contributed by atoms with Gasteiger partial charge in [0.15, 0.2) is 5.78 Å². The number of rotatable bonds is 6. The molecule has 0 saturated heterocycles. The largest absolute Gasteiger partial charge is 0.293 e. The van der Waals surface area contributed by atoms with Crippen molar-refractivity contribution in [3.63, 3.8) is 0 Å². The molecule has 5 heteroatoms. The molecule has 0 aromatic carbocycles. The van der Waals surface area contributed by atoms with Gasteiger partial charge in [-0.3, -0.25) is 9.48 Å². The minimum Gasteiger partial charge on any atom is -0.293 e. The zero-order valence-corrected chi connectivity index (χ0v) is 13.6. The van der Waals surface area contributed by atoms with E-state index in [4.69, 9.17) is 11.6 Å². The van der Waals surface area contributed by atoms with Crippen LogP contribution in [0.25, 0.3) is 0 Å². The van der Waals surface area contributed by atoms with Crippen LogP contribution >= 0.6 is 22.9 Å². The minimum atomic E-state index is 0.119. The molecule has 3 nitrogen and oxygen atoms in total. The van der Waals surface area contributed by atoms with E-state index in [-0.39, 0.29) is 5.78 Å². The first kappa shape index (κ1) is 15.3. The van der Waals surface area contributed by atoms with Gasteiger partial charge in [0.05, 0.1) is 27.7 Å². The fourth-order valence-electron chi connectivity index (χ4n) is 2.14. The Morgan fingerprint density at radius 1 is 1.30 bits per heavy atom. The first-order valence-electron chi connectivity index (χ1n) is 6.96. The normalized spacial score (nSPS) is 11.0. The summed E-state index contributed by atoms with van der Waals surface area (Å²) < 4.78 is 1.84. The Morgan fingerprint density at radius 2 is 2.05 bits per heavy atom. The Morgan fingerprint density at radius 3 is 2.60 bits per heavy atom. The molecule has 0 amide bonds. The van der Waals surface area contributed by atoms with E-state index >= 15 is 0 Å². The number of nitrogens with zero attached hydrogens (tertiary/aromatic N) is 2. The zero-order chi connectivity index (χ0) is 14.7. The van der Waals surface area contributed by atoms with Gasteiger partial charge in [0.1, 0.15) is 0 Å². The molecule has 20 heavy (non-hydrogen) atoms. The second-order valence-corrected chi connectivity index (χ2v) is 6.14. The first-order chi connectivity index (χ1) is 9.60. The number of aromatic nitrogens is 2. The van der Waals surface area contributed by atoms with Crippen molar-refractivity contribution in [1.29, 1.82) is 0 Å². The van der Waals surface area contributed by atoms with Gasteiger partial charge < -0.3 is 0 Å². The Bertz CT molecular complexity index is 615. The molecule has 2 rings (SSSR count). The van der Waals surface area contributed by atoms with Gasteiger partial charge in [-0.15, -0.1) is 11.3 Å². The first-order valence-corrected chi connectivity index (χ1v) is 8.16. The summed E-state index contributed by atoms with van der Waals surface area (Å²) in [5.74, 6) is 0.119. The average molecular weight is 311 g/mol. The van der Waals surface area contributed by atoms with Gasteiger partial charge in [-0.25, -0.2) is 0 Å². The Hall–Kier alpha value is -1.13. The number of ketones is 1. The van der Waals surface area contributed by atoms with Gasteiger partial charge in [0.25, 0.3) is 0 Å². The van der Waals surface area contributed by atoms with Crippen LogP contribution in [0.3, 0.4) is 0 Å². The van der Waals surface area contributed by atoms with Crippen molar-refractivity contribution in [1.82, 2.24) is 9.78 Å². The van der Waals surface area contributed by atoms with E-state index in [0.717, 1.165) is 35.7 Å². The molecule has 0 bridgehead atoms. The summed E-state index contributed by atoms with van der Waals surface area (Å²) in [5, 5.41) is 5.10. The molecule has 0 radical (unpaired) electrons. The fourth-order valence-corrected chi connectivity index (χ4v) is 3.36. The maximum atomic E-state index is 12.4. The second-order valence-electron chi connectivity index (χ2n) is 4.60. The van der Waals surface area contributed by atoms with Gasteiger partial charge in [-0.1, -0.05) is 25.4 Å². The lowest BCUT2D eigenvalue weighted by Crippen LogP contribution is -2.09. The molecule has 2 heterocycles. The standard InChI is InChI=1S/C15H19ClN2OS/c1-4-10-7-8-14(20-10)13(19)9-12-15(16)11(5-2)17-18(12)6-3/h7-8H,4-6,9H2,1-3H3. The van der Waals surface area contributed by atoms with Crippen molar-refractivity contribution in [2.24, 2.45) is 0 Å². The molecule has 0 aliphatic rings. The number of aryl methyl sites for hydroxylation is 3. The minimum absolute atomic E-state index is 0.119. The van der Waals surface area contributed by atoms with Crippen molar-refractivity contribution in [2.75, 3.05) is 0 Å². The van der Waals surface area contributed by atoms with E-state index in [2.05, 4.69) is 12.0 Å². The summed E-state index contributed by atoms with van der Waals surface area (Å²) in [6, 6.07) is 3.93. The zero-order valence-electron chi connectivity index (χ0n) is 12.1. The second kappa shape index (κ2) is 6.55. The predicted molar refractivity (Wildman–Crippen MR) is 84.0 cm³/mol. The van der Waals surface area contributed by atoms with Crippen LogP contribution in [0.5, 0.6) is 0 Å². The maximum absolute atomic E-state index is 12.4. The molecule has 2 aromatic rings. The van der Waals surface area contributed by atoms with Gasteiger partial charge in [-0.2, -0.15) is 5.10 Å². The molecule has 0 unspecified atom stereocenters. The number of halogens is 1. The number of Topliss-reactive ketones (excluding diaryl/α,β-unsaturated/α-hetero) is 1. The van der Waals surface area contributed by atoms with Crippen LogP contribution in [0.4, 0.5) is 0 Å².